The molecule has 1 aliphatic heterocycles. The molecule has 5 nitrogen and oxygen atoms in total. The van der Waals surface area contributed by atoms with E-state index in [1.165, 1.54) is 33.5 Å². The number of carboxylic acid groups (broad SMARTS) is 1. The van der Waals surface area contributed by atoms with Crippen LogP contribution in [-0.4, -0.2) is 41.0 Å². The molecule has 1 saturated heterocycles. The van der Waals surface area contributed by atoms with Crippen LogP contribution in [0.2, 0.25) is 0 Å². The summed E-state index contributed by atoms with van der Waals surface area (Å²) in [5.41, 5.74) is 0. The van der Waals surface area contributed by atoms with E-state index in [1.54, 1.807) is 0 Å². The minimum Gasteiger partial charge on any atom is -0.480 e. The molecular weight excluding hydrogens is 466 g/mol. The zero-order valence-electron chi connectivity index (χ0n) is 10.5. The van der Waals surface area contributed by atoms with Crippen molar-refractivity contribution in [2.75, 3.05) is 5.75 Å². The zero-order valence-corrected chi connectivity index (χ0v) is 16.2. The Morgan fingerprint density at radius 3 is 2.52 bits per heavy atom. The van der Waals surface area contributed by atoms with E-state index in [0.29, 0.717) is 13.3 Å². The molecule has 1 aromatic heterocycles. The topological polar surface area (TPSA) is 74.7 Å². The Hall–Kier alpha value is 0.390. The monoisotopic (exact) mass is 475 g/mol. The number of carboxylic acids is 1. The number of hydrogen-bond acceptors (Lipinski definition) is 5. The van der Waals surface area contributed by atoms with Crippen molar-refractivity contribution in [3.63, 3.8) is 0 Å². The average molecular weight is 477 g/mol. The molecule has 0 aromatic carbocycles. The van der Waals surface area contributed by atoms with Crippen LogP contribution in [0.1, 0.15) is 12.8 Å². The van der Waals surface area contributed by atoms with Gasteiger partial charge in [-0.25, -0.2) is 8.42 Å². The first-order chi connectivity index (χ1) is 9.82. The summed E-state index contributed by atoms with van der Waals surface area (Å²) >= 11 is 9.22. The molecule has 2 unspecified atom stereocenters. The molecule has 21 heavy (non-hydrogen) atoms. The van der Waals surface area contributed by atoms with E-state index in [4.69, 9.17) is 0 Å². The largest absolute Gasteiger partial charge is 0.480 e. The third-order valence-electron chi connectivity index (χ3n) is 3.47. The van der Waals surface area contributed by atoms with Crippen LogP contribution in [0.3, 0.4) is 0 Å². The van der Waals surface area contributed by atoms with Crippen molar-refractivity contribution in [1.29, 1.82) is 0 Å². The first-order valence-electron chi connectivity index (χ1n) is 6.15. The van der Waals surface area contributed by atoms with E-state index in [1.807, 2.05) is 0 Å². The SMILES string of the molecule is O=C(O)C1CSC(C2CC2)N1S(=O)(=O)c1cc(Br)sc1Br. The first-order valence-corrected chi connectivity index (χ1v) is 11.0. The third kappa shape index (κ3) is 2.94. The van der Waals surface area contributed by atoms with Gasteiger partial charge < -0.3 is 5.11 Å². The maximum absolute atomic E-state index is 12.9. The minimum atomic E-state index is -3.83. The highest BCUT2D eigenvalue weighted by Crippen LogP contribution is 2.48. The van der Waals surface area contributed by atoms with Crippen molar-refractivity contribution in [2.24, 2.45) is 5.92 Å². The molecule has 1 N–H and O–H groups in total. The van der Waals surface area contributed by atoms with Gasteiger partial charge in [-0.1, -0.05) is 0 Å². The Bertz CT molecular complexity index is 686. The molecular formula is C11H11Br2NO4S3. The van der Waals surface area contributed by atoms with Crippen molar-refractivity contribution in [2.45, 2.75) is 29.2 Å². The number of thiophene rings is 1. The smallest absolute Gasteiger partial charge is 0.322 e. The fourth-order valence-electron chi connectivity index (χ4n) is 2.34. The molecule has 116 valence electrons. The van der Waals surface area contributed by atoms with Crippen LogP contribution < -0.4 is 0 Å². The van der Waals surface area contributed by atoms with Gasteiger partial charge in [-0.3, -0.25) is 4.79 Å². The molecule has 0 amide bonds. The second-order valence-electron chi connectivity index (χ2n) is 4.94. The average Bonchev–Trinajstić information content (AvgIpc) is 3.02. The summed E-state index contributed by atoms with van der Waals surface area (Å²) < 4.78 is 28.2. The van der Waals surface area contributed by atoms with E-state index in [-0.39, 0.29) is 16.2 Å². The van der Waals surface area contributed by atoms with Crippen molar-refractivity contribution in [3.8, 4) is 0 Å². The summed E-state index contributed by atoms with van der Waals surface area (Å²) in [5, 5.41) is 9.09. The predicted molar refractivity (Wildman–Crippen MR) is 89.1 cm³/mol. The molecule has 0 bridgehead atoms. The fraction of sp³-hybridized carbons (Fsp3) is 0.545. The van der Waals surface area contributed by atoms with Gasteiger partial charge in [0, 0.05) is 5.75 Å². The summed E-state index contributed by atoms with van der Waals surface area (Å²) in [4.78, 5) is 11.6. The van der Waals surface area contributed by atoms with Crippen LogP contribution in [0.4, 0.5) is 0 Å². The van der Waals surface area contributed by atoms with Crippen molar-refractivity contribution >= 4 is 71.0 Å². The Morgan fingerprint density at radius 2 is 2.05 bits per heavy atom. The minimum absolute atomic E-state index is 0.138. The second kappa shape index (κ2) is 5.79. The number of nitrogens with zero attached hydrogens (tertiary/aromatic N) is 1. The normalized spacial score (nSPS) is 27.1. The zero-order chi connectivity index (χ0) is 15.4. The second-order valence-corrected chi connectivity index (χ2v) is 11.6. The predicted octanol–water partition coefficient (Wildman–Crippen LogP) is 3.20. The molecule has 1 aromatic rings. The Balaban J connectivity index is 2.04. The summed E-state index contributed by atoms with van der Waals surface area (Å²) in [6.07, 6.45) is 1.93. The van der Waals surface area contributed by atoms with Crippen LogP contribution in [0.25, 0.3) is 0 Å². The van der Waals surface area contributed by atoms with E-state index in [0.717, 1.165) is 12.8 Å². The number of rotatable bonds is 4. The molecule has 2 atom stereocenters. The van der Waals surface area contributed by atoms with Gasteiger partial charge in [0.05, 0.1) is 12.9 Å². The van der Waals surface area contributed by atoms with Crippen molar-refractivity contribution < 1.29 is 18.3 Å². The Morgan fingerprint density at radius 1 is 1.38 bits per heavy atom. The molecule has 2 aliphatic rings. The van der Waals surface area contributed by atoms with E-state index >= 15 is 0 Å². The number of thioether (sulfide) groups is 1. The fourth-order valence-corrected chi connectivity index (χ4v) is 9.91. The Kier molecular flexibility index (Phi) is 4.48. The van der Waals surface area contributed by atoms with Gasteiger partial charge in [-0.05, 0) is 56.7 Å². The maximum Gasteiger partial charge on any atom is 0.322 e. The summed E-state index contributed by atoms with van der Waals surface area (Å²) in [6, 6.07) is 0.534. The van der Waals surface area contributed by atoms with Crippen LogP contribution in [0, 0.1) is 5.92 Å². The number of sulfonamides is 1. The van der Waals surface area contributed by atoms with E-state index < -0.39 is 22.0 Å². The van der Waals surface area contributed by atoms with E-state index in [2.05, 4.69) is 31.9 Å². The number of halogens is 2. The summed E-state index contributed by atoms with van der Waals surface area (Å²) in [7, 11) is -3.83. The van der Waals surface area contributed by atoms with Crippen LogP contribution in [-0.2, 0) is 14.8 Å². The molecule has 2 fully saturated rings. The summed E-state index contributed by atoms with van der Waals surface area (Å²) in [6.45, 7) is 0. The van der Waals surface area contributed by atoms with Crippen LogP contribution in [0.15, 0.2) is 18.5 Å². The van der Waals surface area contributed by atoms with Gasteiger partial charge in [0.15, 0.2) is 0 Å². The number of hydrogen-bond donors (Lipinski definition) is 1. The lowest BCUT2D eigenvalue weighted by molar-refractivity contribution is -0.140. The van der Waals surface area contributed by atoms with Crippen molar-refractivity contribution in [1.82, 2.24) is 4.31 Å². The first kappa shape index (κ1) is 16.3. The third-order valence-corrected chi connectivity index (χ3v) is 9.71. The van der Waals surface area contributed by atoms with Gasteiger partial charge in [0.1, 0.15) is 10.9 Å². The molecule has 10 heteroatoms. The molecule has 0 spiro atoms. The van der Waals surface area contributed by atoms with Gasteiger partial charge in [0.2, 0.25) is 10.0 Å². The molecule has 1 saturated carbocycles. The standard InChI is InChI=1S/C11H11Br2NO4S3/c12-8-3-7(9(13)20-8)21(17,18)14-6(11(15)16)4-19-10(14)5-1-2-5/h3,5-6,10H,1-2,4H2,(H,15,16). The van der Waals surface area contributed by atoms with Crippen LogP contribution in [0.5, 0.6) is 0 Å². The van der Waals surface area contributed by atoms with Crippen LogP contribution >= 0.6 is 55.0 Å². The van der Waals surface area contributed by atoms with E-state index in [9.17, 15) is 18.3 Å². The lowest BCUT2D eigenvalue weighted by atomic mass is 10.3. The van der Waals surface area contributed by atoms with Gasteiger partial charge >= 0.3 is 5.97 Å². The lowest BCUT2D eigenvalue weighted by Crippen LogP contribution is -2.46. The molecule has 2 heterocycles. The van der Waals surface area contributed by atoms with Gasteiger partial charge in [0.25, 0.3) is 0 Å². The van der Waals surface area contributed by atoms with Crippen molar-refractivity contribution in [3.05, 3.63) is 13.6 Å². The summed E-state index contributed by atoms with van der Waals surface area (Å²) in [5.74, 6) is -0.506. The number of carbonyl (C=O) groups is 1. The highest BCUT2D eigenvalue weighted by atomic mass is 79.9. The highest BCUT2D eigenvalue weighted by Gasteiger charge is 2.52. The number of aliphatic carboxylic acids is 1. The molecule has 3 rings (SSSR count). The van der Waals surface area contributed by atoms with Gasteiger partial charge in [-0.2, -0.15) is 4.31 Å². The quantitative estimate of drug-likeness (QED) is 0.722. The lowest BCUT2D eigenvalue weighted by Gasteiger charge is -2.26. The molecule has 0 radical (unpaired) electrons. The highest BCUT2D eigenvalue weighted by molar-refractivity contribution is 9.12. The molecule has 1 aliphatic carbocycles. The maximum atomic E-state index is 12.9. The van der Waals surface area contributed by atoms with Gasteiger partial charge in [-0.15, -0.1) is 23.1 Å². The Labute approximate surface area is 147 Å².